The molecule has 188 valence electrons. The Morgan fingerprint density at radius 1 is 0.868 bits per heavy atom. The largest absolute Gasteiger partial charge is 0.481 e. The molecule has 5 rings (SSSR count). The van der Waals surface area contributed by atoms with Crippen LogP contribution in [0.4, 0.5) is 10.5 Å². The van der Waals surface area contributed by atoms with Crippen molar-refractivity contribution in [3.05, 3.63) is 119 Å². The van der Waals surface area contributed by atoms with Gasteiger partial charge >= 0.3 is 6.03 Å². The molecular formula is C31H24ClN3O3. The summed E-state index contributed by atoms with van der Waals surface area (Å²) in [4.78, 5) is 13.2. The number of hydrazine groups is 1. The van der Waals surface area contributed by atoms with Gasteiger partial charge in [0.05, 0.1) is 12.2 Å². The molecule has 7 heteroatoms. The molecule has 0 bridgehead atoms. The molecule has 1 aliphatic rings. The van der Waals surface area contributed by atoms with Crippen LogP contribution >= 0.6 is 11.6 Å². The standard InChI is InChI=1S/C31H24ClN3O3/c1-2-20-37-26-14-8-23(9-15-26)30-29(22-6-4-3-5-7-22)21-35(34-30)31(36)33-25-12-18-28(19-13-25)38-27-16-10-24(32)11-17-27/h1,3-19,34H,20-21H2,(H,33,36). The zero-order valence-electron chi connectivity index (χ0n) is 20.4. The van der Waals surface area contributed by atoms with E-state index in [9.17, 15) is 4.79 Å². The van der Waals surface area contributed by atoms with Gasteiger partial charge in [-0.05, 0) is 78.4 Å². The van der Waals surface area contributed by atoms with E-state index >= 15 is 0 Å². The van der Waals surface area contributed by atoms with Gasteiger partial charge in [0.1, 0.15) is 23.9 Å². The molecule has 0 radical (unpaired) electrons. The monoisotopic (exact) mass is 521 g/mol. The summed E-state index contributed by atoms with van der Waals surface area (Å²) in [6.07, 6.45) is 5.28. The topological polar surface area (TPSA) is 62.8 Å². The molecule has 4 aromatic carbocycles. The highest BCUT2D eigenvalue weighted by molar-refractivity contribution is 6.30. The van der Waals surface area contributed by atoms with Gasteiger partial charge < -0.3 is 14.8 Å². The van der Waals surface area contributed by atoms with E-state index < -0.39 is 0 Å². The maximum absolute atomic E-state index is 13.2. The van der Waals surface area contributed by atoms with Gasteiger partial charge in [0.25, 0.3) is 0 Å². The van der Waals surface area contributed by atoms with E-state index in [-0.39, 0.29) is 12.6 Å². The zero-order valence-corrected chi connectivity index (χ0v) is 21.1. The molecule has 1 aliphatic heterocycles. The number of hydrogen-bond donors (Lipinski definition) is 2. The summed E-state index contributed by atoms with van der Waals surface area (Å²) in [5.41, 5.74) is 7.73. The van der Waals surface area contributed by atoms with Crippen molar-refractivity contribution >= 4 is 34.6 Å². The lowest BCUT2D eigenvalue weighted by molar-refractivity contribution is 0.210. The summed E-state index contributed by atoms with van der Waals surface area (Å²) < 4.78 is 11.3. The van der Waals surface area contributed by atoms with Crippen LogP contribution in [0.5, 0.6) is 17.2 Å². The number of terminal acetylenes is 1. The number of benzene rings is 4. The van der Waals surface area contributed by atoms with Gasteiger partial charge in [-0.2, -0.15) is 0 Å². The second-order valence-electron chi connectivity index (χ2n) is 8.45. The molecular weight excluding hydrogens is 498 g/mol. The van der Waals surface area contributed by atoms with Crippen LogP contribution in [0, 0.1) is 12.3 Å². The summed E-state index contributed by atoms with van der Waals surface area (Å²) in [7, 11) is 0. The fourth-order valence-corrected chi connectivity index (χ4v) is 4.12. The fraction of sp³-hybridized carbons (Fsp3) is 0.0645. The quantitative estimate of drug-likeness (QED) is 0.255. The highest BCUT2D eigenvalue weighted by Crippen LogP contribution is 2.31. The molecule has 0 atom stereocenters. The van der Waals surface area contributed by atoms with E-state index in [0.717, 1.165) is 22.4 Å². The van der Waals surface area contributed by atoms with Crippen molar-refractivity contribution in [1.29, 1.82) is 0 Å². The molecule has 0 saturated carbocycles. The Morgan fingerprint density at radius 2 is 1.50 bits per heavy atom. The van der Waals surface area contributed by atoms with Crippen LogP contribution in [0.1, 0.15) is 11.1 Å². The molecule has 0 spiro atoms. The number of nitrogens with zero attached hydrogens (tertiary/aromatic N) is 1. The van der Waals surface area contributed by atoms with Crippen molar-refractivity contribution in [2.75, 3.05) is 18.5 Å². The first-order valence-electron chi connectivity index (χ1n) is 11.9. The lowest BCUT2D eigenvalue weighted by atomic mass is 10.0. The summed E-state index contributed by atoms with van der Waals surface area (Å²) in [6, 6.07) is 31.6. The van der Waals surface area contributed by atoms with Crippen LogP contribution in [0.3, 0.4) is 0 Å². The average molecular weight is 522 g/mol. The smallest absolute Gasteiger partial charge is 0.340 e. The van der Waals surface area contributed by atoms with E-state index in [2.05, 4.69) is 16.7 Å². The van der Waals surface area contributed by atoms with Crippen molar-refractivity contribution in [2.24, 2.45) is 0 Å². The number of hydrogen-bond acceptors (Lipinski definition) is 4. The molecule has 6 nitrogen and oxygen atoms in total. The van der Waals surface area contributed by atoms with Crippen LogP contribution in [-0.2, 0) is 0 Å². The zero-order chi connectivity index (χ0) is 26.3. The third-order valence-corrected chi connectivity index (χ3v) is 6.10. The Morgan fingerprint density at radius 3 is 2.16 bits per heavy atom. The molecule has 4 aromatic rings. The molecule has 38 heavy (non-hydrogen) atoms. The molecule has 2 N–H and O–H groups in total. The van der Waals surface area contributed by atoms with E-state index in [0.29, 0.717) is 34.5 Å². The predicted octanol–water partition coefficient (Wildman–Crippen LogP) is 7.06. The van der Waals surface area contributed by atoms with Crippen LogP contribution in [0.15, 0.2) is 103 Å². The van der Waals surface area contributed by atoms with Crippen molar-refractivity contribution < 1.29 is 14.3 Å². The molecule has 0 fully saturated rings. The van der Waals surface area contributed by atoms with E-state index in [1.165, 1.54) is 0 Å². The SMILES string of the molecule is C#CCOc1ccc(C2=C(c3ccccc3)CN(C(=O)Nc3ccc(Oc4ccc(Cl)cc4)cc3)N2)cc1. The number of amides is 2. The van der Waals surface area contributed by atoms with Gasteiger partial charge in [-0.15, -0.1) is 6.42 Å². The number of carbonyl (C=O) groups is 1. The number of urea groups is 1. The molecule has 0 aromatic heterocycles. The normalized spacial score (nSPS) is 12.5. The molecule has 1 heterocycles. The van der Waals surface area contributed by atoms with Crippen LogP contribution in [-0.4, -0.2) is 24.2 Å². The molecule has 2 amide bonds. The molecule has 0 saturated heterocycles. The second kappa shape index (κ2) is 11.5. The van der Waals surface area contributed by atoms with Gasteiger partial charge in [0.2, 0.25) is 0 Å². The number of carbonyl (C=O) groups excluding carboxylic acids is 1. The Kier molecular flexibility index (Phi) is 7.49. The molecule has 0 aliphatic carbocycles. The van der Waals surface area contributed by atoms with Crippen molar-refractivity contribution in [2.45, 2.75) is 0 Å². The first-order valence-corrected chi connectivity index (χ1v) is 12.3. The summed E-state index contributed by atoms with van der Waals surface area (Å²) >= 11 is 5.93. The van der Waals surface area contributed by atoms with Crippen molar-refractivity contribution in [1.82, 2.24) is 10.4 Å². The van der Waals surface area contributed by atoms with Crippen LogP contribution < -0.4 is 20.2 Å². The fourth-order valence-electron chi connectivity index (χ4n) is 3.99. The maximum Gasteiger partial charge on any atom is 0.340 e. The Labute approximate surface area is 226 Å². The minimum atomic E-state index is -0.284. The van der Waals surface area contributed by atoms with Crippen LogP contribution in [0.2, 0.25) is 5.02 Å². The van der Waals surface area contributed by atoms with Gasteiger partial charge in [-0.3, -0.25) is 5.43 Å². The van der Waals surface area contributed by atoms with Crippen molar-refractivity contribution in [3.8, 4) is 29.6 Å². The predicted molar refractivity (Wildman–Crippen MR) is 151 cm³/mol. The van der Waals surface area contributed by atoms with Crippen LogP contribution in [0.25, 0.3) is 11.3 Å². The first kappa shape index (κ1) is 24.8. The number of nitrogens with one attached hydrogen (secondary N) is 2. The lowest BCUT2D eigenvalue weighted by Crippen LogP contribution is -2.40. The number of anilines is 1. The highest BCUT2D eigenvalue weighted by Gasteiger charge is 2.27. The van der Waals surface area contributed by atoms with E-state index in [4.69, 9.17) is 27.5 Å². The summed E-state index contributed by atoms with van der Waals surface area (Å²) in [6.45, 7) is 0.593. The van der Waals surface area contributed by atoms with E-state index in [1.54, 1.807) is 53.5 Å². The summed E-state index contributed by atoms with van der Waals surface area (Å²) in [5, 5.41) is 5.14. The number of ether oxygens (including phenoxy) is 2. The second-order valence-corrected chi connectivity index (χ2v) is 8.88. The number of halogens is 1. The van der Waals surface area contributed by atoms with Gasteiger partial charge in [-0.1, -0.05) is 47.9 Å². The highest BCUT2D eigenvalue weighted by atomic mass is 35.5. The van der Waals surface area contributed by atoms with Gasteiger partial charge in [0.15, 0.2) is 0 Å². The van der Waals surface area contributed by atoms with Crippen molar-refractivity contribution in [3.63, 3.8) is 0 Å². The third-order valence-electron chi connectivity index (χ3n) is 5.85. The third kappa shape index (κ3) is 5.92. The Bertz CT molecular complexity index is 1480. The first-order chi connectivity index (χ1) is 18.6. The Hall–Kier alpha value is -4.86. The maximum atomic E-state index is 13.2. The van der Waals surface area contributed by atoms with Gasteiger partial charge in [0, 0.05) is 21.8 Å². The minimum Gasteiger partial charge on any atom is -0.481 e. The molecule has 0 unspecified atom stereocenters. The Balaban J connectivity index is 1.29. The minimum absolute atomic E-state index is 0.206. The average Bonchev–Trinajstić information content (AvgIpc) is 3.41. The summed E-state index contributed by atoms with van der Waals surface area (Å²) in [5.74, 6) is 4.47. The van der Waals surface area contributed by atoms with Gasteiger partial charge in [-0.25, -0.2) is 9.80 Å². The lowest BCUT2D eigenvalue weighted by Gasteiger charge is -2.19. The number of rotatable bonds is 7. The van der Waals surface area contributed by atoms with E-state index in [1.807, 2.05) is 54.6 Å².